The third-order valence-electron chi connectivity index (χ3n) is 2.25. The van der Waals surface area contributed by atoms with E-state index < -0.39 is 0 Å². The highest BCUT2D eigenvalue weighted by Crippen LogP contribution is 2.28. The van der Waals surface area contributed by atoms with Crippen LogP contribution < -0.4 is 10.1 Å². The van der Waals surface area contributed by atoms with Gasteiger partial charge in [0, 0.05) is 17.8 Å². The maximum Gasteiger partial charge on any atom is 0.180 e. The van der Waals surface area contributed by atoms with Gasteiger partial charge in [0.25, 0.3) is 0 Å². The van der Waals surface area contributed by atoms with Crippen LogP contribution >= 0.6 is 15.9 Å². The Morgan fingerprint density at radius 2 is 2.36 bits per heavy atom. The van der Waals surface area contributed by atoms with E-state index in [1.165, 1.54) is 0 Å². The lowest BCUT2D eigenvalue weighted by molar-refractivity contribution is 0.0991. The van der Waals surface area contributed by atoms with Gasteiger partial charge in [-0.05, 0) is 18.2 Å². The average Bonchev–Trinajstić information content (AvgIpc) is 2.23. The van der Waals surface area contributed by atoms with Gasteiger partial charge in [0.15, 0.2) is 5.78 Å². The minimum absolute atomic E-state index is 0.109. The van der Waals surface area contributed by atoms with Crippen molar-refractivity contribution in [3.8, 4) is 5.75 Å². The van der Waals surface area contributed by atoms with E-state index in [1.54, 1.807) is 13.2 Å². The third-order valence-corrected chi connectivity index (χ3v) is 2.99. The number of benzene rings is 1. The number of alkyl halides is 1. The minimum atomic E-state index is -0.137. The van der Waals surface area contributed by atoms with Crippen LogP contribution in [0.3, 0.4) is 0 Å². The first-order chi connectivity index (χ1) is 6.72. The summed E-state index contributed by atoms with van der Waals surface area (Å²) < 4.78 is 5.07. The summed E-state index contributed by atoms with van der Waals surface area (Å²) in [5, 5.41) is 3.17. The number of Topliss-reactive ketones (excluding diaryl/α,β-unsaturated/α-hetero) is 1. The zero-order valence-electron chi connectivity index (χ0n) is 7.71. The quantitative estimate of drug-likeness (QED) is 0.781. The first-order valence-corrected chi connectivity index (χ1v) is 5.24. The molecule has 1 aromatic rings. The van der Waals surface area contributed by atoms with E-state index >= 15 is 0 Å². The van der Waals surface area contributed by atoms with E-state index in [0.717, 1.165) is 5.69 Å². The van der Waals surface area contributed by atoms with Crippen molar-refractivity contribution in [2.75, 3.05) is 19.0 Å². The molecule has 0 amide bonds. The lowest BCUT2D eigenvalue weighted by Gasteiger charge is -2.21. The van der Waals surface area contributed by atoms with E-state index in [1.807, 2.05) is 12.1 Å². The highest BCUT2D eigenvalue weighted by molar-refractivity contribution is 9.10. The largest absolute Gasteiger partial charge is 0.497 e. The maximum absolute atomic E-state index is 11.7. The molecule has 1 aliphatic rings. The summed E-state index contributed by atoms with van der Waals surface area (Å²) >= 11 is 3.32. The van der Waals surface area contributed by atoms with Crippen LogP contribution in [0, 0.1) is 0 Å². The number of rotatable bonds is 1. The van der Waals surface area contributed by atoms with Crippen molar-refractivity contribution >= 4 is 27.4 Å². The number of hydrogen-bond donors (Lipinski definition) is 1. The molecule has 74 valence electrons. The van der Waals surface area contributed by atoms with Gasteiger partial charge in [-0.1, -0.05) is 15.9 Å². The summed E-state index contributed by atoms with van der Waals surface area (Å²) in [5.74, 6) is 0.818. The summed E-state index contributed by atoms with van der Waals surface area (Å²) in [6, 6.07) is 5.47. The van der Waals surface area contributed by atoms with E-state index in [-0.39, 0.29) is 10.6 Å². The normalized spacial score (nSPS) is 19.9. The fourth-order valence-corrected chi connectivity index (χ4v) is 1.88. The molecule has 0 saturated carbocycles. The molecule has 3 nitrogen and oxygen atoms in total. The van der Waals surface area contributed by atoms with Crippen molar-refractivity contribution in [3.05, 3.63) is 23.8 Å². The molecule has 0 bridgehead atoms. The summed E-state index contributed by atoms with van der Waals surface area (Å²) in [7, 11) is 1.59. The Morgan fingerprint density at radius 3 is 3.07 bits per heavy atom. The average molecular weight is 256 g/mol. The number of carbonyl (C=O) groups is 1. The third kappa shape index (κ3) is 1.50. The van der Waals surface area contributed by atoms with Crippen LogP contribution in [0.5, 0.6) is 5.75 Å². The molecular weight excluding hydrogens is 246 g/mol. The van der Waals surface area contributed by atoms with Crippen molar-refractivity contribution in [1.82, 2.24) is 0 Å². The summed E-state index contributed by atoms with van der Waals surface area (Å²) in [6.45, 7) is 0.637. The van der Waals surface area contributed by atoms with Crippen molar-refractivity contribution in [3.63, 3.8) is 0 Å². The summed E-state index contributed by atoms with van der Waals surface area (Å²) in [6.07, 6.45) is 0. The Balaban J connectivity index is 2.46. The molecule has 0 aliphatic carbocycles. The Kier molecular flexibility index (Phi) is 2.46. The zero-order chi connectivity index (χ0) is 10.1. The lowest BCUT2D eigenvalue weighted by Crippen LogP contribution is -2.29. The van der Waals surface area contributed by atoms with Crippen molar-refractivity contribution in [2.45, 2.75) is 4.83 Å². The Hall–Kier alpha value is -1.03. The first kappa shape index (κ1) is 9.52. The molecule has 1 aliphatic heterocycles. The molecule has 14 heavy (non-hydrogen) atoms. The van der Waals surface area contributed by atoms with Gasteiger partial charge >= 0.3 is 0 Å². The van der Waals surface area contributed by atoms with E-state index in [0.29, 0.717) is 17.9 Å². The second kappa shape index (κ2) is 3.61. The molecular formula is C10H10BrNO2. The van der Waals surface area contributed by atoms with E-state index in [9.17, 15) is 4.79 Å². The second-order valence-electron chi connectivity index (χ2n) is 3.12. The van der Waals surface area contributed by atoms with Gasteiger partial charge in [-0.15, -0.1) is 0 Å². The van der Waals surface area contributed by atoms with Crippen LogP contribution in [-0.2, 0) is 0 Å². The van der Waals surface area contributed by atoms with E-state index in [2.05, 4.69) is 21.2 Å². The fraction of sp³-hybridized carbons (Fsp3) is 0.300. The molecule has 1 atom stereocenters. The zero-order valence-corrected chi connectivity index (χ0v) is 9.30. The molecule has 0 spiro atoms. The molecule has 0 aromatic heterocycles. The maximum atomic E-state index is 11.7. The topological polar surface area (TPSA) is 38.3 Å². The van der Waals surface area contributed by atoms with Crippen LogP contribution in [-0.4, -0.2) is 24.3 Å². The molecule has 1 heterocycles. The number of carbonyl (C=O) groups excluding carboxylic acids is 1. The predicted molar refractivity (Wildman–Crippen MR) is 58.5 cm³/mol. The molecule has 0 saturated heterocycles. The molecule has 0 fully saturated rings. The smallest absolute Gasteiger partial charge is 0.180 e. The number of methoxy groups -OCH3 is 1. The monoisotopic (exact) mass is 255 g/mol. The van der Waals surface area contributed by atoms with Crippen LogP contribution in [0.25, 0.3) is 0 Å². The Labute approximate surface area is 90.6 Å². The van der Waals surface area contributed by atoms with Gasteiger partial charge in [0.2, 0.25) is 0 Å². The number of ketones is 1. The van der Waals surface area contributed by atoms with Gasteiger partial charge in [-0.2, -0.15) is 0 Å². The summed E-state index contributed by atoms with van der Waals surface area (Å²) in [4.78, 5) is 11.6. The second-order valence-corrected chi connectivity index (χ2v) is 4.23. The van der Waals surface area contributed by atoms with Crippen LogP contribution in [0.15, 0.2) is 18.2 Å². The molecule has 1 aromatic carbocycles. The number of halogens is 1. The van der Waals surface area contributed by atoms with Gasteiger partial charge in [0.1, 0.15) is 5.75 Å². The number of fused-ring (bicyclic) bond motifs is 1. The number of ether oxygens (including phenoxy) is 1. The number of hydrogen-bond acceptors (Lipinski definition) is 3. The molecule has 4 heteroatoms. The highest BCUT2D eigenvalue weighted by Gasteiger charge is 2.25. The van der Waals surface area contributed by atoms with Crippen molar-refractivity contribution in [2.24, 2.45) is 0 Å². The number of nitrogens with one attached hydrogen (secondary N) is 1. The standard InChI is InChI=1S/C10H10BrNO2/c1-14-6-2-3-9-7(4-6)10(13)8(11)5-12-9/h2-4,8,12H,5H2,1H3. The van der Waals surface area contributed by atoms with Gasteiger partial charge in [-0.25, -0.2) is 0 Å². The van der Waals surface area contributed by atoms with Crippen LogP contribution in [0.4, 0.5) is 5.69 Å². The Morgan fingerprint density at radius 1 is 1.57 bits per heavy atom. The summed E-state index contributed by atoms with van der Waals surface area (Å²) in [5.41, 5.74) is 1.57. The minimum Gasteiger partial charge on any atom is -0.497 e. The predicted octanol–water partition coefficient (Wildman–Crippen LogP) is 2.07. The van der Waals surface area contributed by atoms with Gasteiger partial charge in [0.05, 0.1) is 11.9 Å². The molecule has 0 radical (unpaired) electrons. The van der Waals surface area contributed by atoms with Crippen LogP contribution in [0.1, 0.15) is 10.4 Å². The van der Waals surface area contributed by atoms with Gasteiger partial charge < -0.3 is 10.1 Å². The Bertz CT molecular complexity index is 378. The molecule has 1 N–H and O–H groups in total. The fourth-order valence-electron chi connectivity index (χ4n) is 1.47. The van der Waals surface area contributed by atoms with Gasteiger partial charge in [-0.3, -0.25) is 4.79 Å². The number of anilines is 1. The van der Waals surface area contributed by atoms with Crippen molar-refractivity contribution in [1.29, 1.82) is 0 Å². The van der Waals surface area contributed by atoms with Crippen LogP contribution in [0.2, 0.25) is 0 Å². The first-order valence-electron chi connectivity index (χ1n) is 4.32. The van der Waals surface area contributed by atoms with E-state index in [4.69, 9.17) is 4.74 Å². The molecule has 2 rings (SSSR count). The highest BCUT2D eigenvalue weighted by atomic mass is 79.9. The lowest BCUT2D eigenvalue weighted by atomic mass is 10.0. The molecule has 1 unspecified atom stereocenters. The van der Waals surface area contributed by atoms with Crippen molar-refractivity contribution < 1.29 is 9.53 Å². The SMILES string of the molecule is COc1ccc2c(c1)C(=O)C(Br)CN2.